The van der Waals surface area contributed by atoms with Crippen molar-refractivity contribution in [3.63, 3.8) is 0 Å². The van der Waals surface area contributed by atoms with Crippen molar-refractivity contribution in [2.24, 2.45) is 0 Å². The molecule has 0 aliphatic carbocycles. The topological polar surface area (TPSA) is 55.4 Å². The minimum absolute atomic E-state index is 0.307. The molecule has 0 aromatic heterocycles. The SMILES string of the molecule is COC(CCC([SiH3])([SiH3])CCC(OC)(OC)OC)(OC)OC. The van der Waals surface area contributed by atoms with Gasteiger partial charge in [-0.25, -0.2) is 0 Å². The van der Waals surface area contributed by atoms with Crippen molar-refractivity contribution in [1.29, 1.82) is 0 Å². The lowest BCUT2D eigenvalue weighted by molar-refractivity contribution is -0.357. The van der Waals surface area contributed by atoms with Crippen LogP contribution in [0.2, 0.25) is 4.66 Å². The van der Waals surface area contributed by atoms with Gasteiger partial charge in [0.2, 0.25) is 0 Å². The standard InChI is InChI=1S/C13H32O6Si2/c1-14-12(15-2,16-3)9-7-11(20,21)8-10-13(17-4,18-5)19-6/h7-10H2,1-6,20-21H3. The first-order valence-corrected chi connectivity index (χ1v) is 9.09. The average Bonchev–Trinajstić information content (AvgIpc) is 2.51. The van der Waals surface area contributed by atoms with Gasteiger partial charge in [-0.15, -0.1) is 0 Å². The summed E-state index contributed by atoms with van der Waals surface area (Å²) in [5.41, 5.74) is 0. The summed E-state index contributed by atoms with van der Waals surface area (Å²) >= 11 is 0. The first-order chi connectivity index (χ1) is 9.78. The van der Waals surface area contributed by atoms with Crippen LogP contribution < -0.4 is 0 Å². The van der Waals surface area contributed by atoms with Crippen LogP contribution in [0.5, 0.6) is 0 Å². The van der Waals surface area contributed by atoms with E-state index in [0.717, 1.165) is 33.3 Å². The Morgan fingerprint density at radius 3 is 0.952 bits per heavy atom. The van der Waals surface area contributed by atoms with E-state index in [1.807, 2.05) is 0 Å². The van der Waals surface area contributed by atoms with E-state index >= 15 is 0 Å². The predicted molar refractivity (Wildman–Crippen MR) is 88.6 cm³/mol. The minimum Gasteiger partial charge on any atom is -0.331 e. The Bertz CT molecular complexity index is 237. The Kier molecular flexibility index (Phi) is 9.45. The maximum Gasteiger partial charge on any atom is 0.282 e. The molecule has 0 aliphatic rings. The van der Waals surface area contributed by atoms with Gasteiger partial charge in [0.05, 0.1) is 0 Å². The van der Waals surface area contributed by atoms with E-state index in [1.165, 1.54) is 0 Å². The lowest BCUT2D eigenvalue weighted by atomic mass is 10.1. The zero-order valence-corrected chi connectivity index (χ0v) is 18.8. The molecule has 0 heterocycles. The van der Waals surface area contributed by atoms with Crippen LogP contribution in [0.25, 0.3) is 0 Å². The molecule has 0 aliphatic heterocycles. The van der Waals surface area contributed by atoms with Crippen molar-refractivity contribution in [3.05, 3.63) is 0 Å². The molecule has 8 heteroatoms. The first-order valence-electron chi connectivity index (χ1n) is 7.09. The van der Waals surface area contributed by atoms with Crippen LogP contribution in [-0.4, -0.2) is 75.1 Å². The first kappa shape index (κ1) is 21.2. The van der Waals surface area contributed by atoms with Crippen LogP contribution >= 0.6 is 0 Å². The van der Waals surface area contributed by atoms with Gasteiger partial charge in [0, 0.05) is 76.0 Å². The van der Waals surface area contributed by atoms with Crippen LogP contribution in [0.4, 0.5) is 0 Å². The summed E-state index contributed by atoms with van der Waals surface area (Å²) in [5, 5.41) is 0. The molecule has 0 fully saturated rings. The Morgan fingerprint density at radius 1 is 0.524 bits per heavy atom. The quantitative estimate of drug-likeness (QED) is 0.355. The van der Waals surface area contributed by atoms with Gasteiger partial charge in [-0.05, 0) is 12.8 Å². The van der Waals surface area contributed by atoms with Gasteiger partial charge in [-0.2, -0.15) is 0 Å². The van der Waals surface area contributed by atoms with Gasteiger partial charge in [-0.1, -0.05) is 4.66 Å². The van der Waals surface area contributed by atoms with Gasteiger partial charge in [0.15, 0.2) is 0 Å². The van der Waals surface area contributed by atoms with Crippen LogP contribution in [0.1, 0.15) is 25.7 Å². The molecule has 0 saturated heterocycles. The van der Waals surface area contributed by atoms with Gasteiger partial charge < -0.3 is 28.4 Å². The lowest BCUT2D eigenvalue weighted by Crippen LogP contribution is -2.39. The Hall–Kier alpha value is 0.194. The molecule has 0 spiro atoms. The van der Waals surface area contributed by atoms with Gasteiger partial charge in [0.1, 0.15) is 0 Å². The molecule has 0 aromatic rings. The molecule has 0 rings (SSSR count). The normalized spacial score (nSPS) is 14.0. The monoisotopic (exact) mass is 340 g/mol. The number of hydrogen-bond donors (Lipinski definition) is 0. The summed E-state index contributed by atoms with van der Waals surface area (Å²) in [7, 11) is 11.7. The summed E-state index contributed by atoms with van der Waals surface area (Å²) in [6, 6.07) is 0. The second kappa shape index (κ2) is 9.36. The van der Waals surface area contributed by atoms with Crippen molar-refractivity contribution in [1.82, 2.24) is 0 Å². The molecule has 0 bridgehead atoms. The highest BCUT2D eigenvalue weighted by molar-refractivity contribution is 6.39. The van der Waals surface area contributed by atoms with Crippen molar-refractivity contribution >= 4 is 20.5 Å². The molecule has 0 N–H and O–H groups in total. The number of ether oxygens (including phenoxy) is 6. The summed E-state index contributed by atoms with van der Waals surface area (Å²) in [6.45, 7) is 0. The second-order valence-corrected chi connectivity index (χ2v) is 12.6. The van der Waals surface area contributed by atoms with Crippen molar-refractivity contribution in [3.8, 4) is 0 Å². The fourth-order valence-corrected chi connectivity index (χ4v) is 3.22. The Labute approximate surface area is 134 Å². The van der Waals surface area contributed by atoms with E-state index in [-0.39, 0.29) is 0 Å². The van der Waals surface area contributed by atoms with Crippen LogP contribution in [0.3, 0.4) is 0 Å². The zero-order chi connectivity index (χ0) is 16.6. The van der Waals surface area contributed by atoms with Crippen molar-refractivity contribution in [2.75, 3.05) is 42.7 Å². The van der Waals surface area contributed by atoms with Gasteiger partial charge in [0.25, 0.3) is 11.9 Å². The van der Waals surface area contributed by atoms with E-state index < -0.39 is 11.9 Å². The highest BCUT2D eigenvalue weighted by Gasteiger charge is 2.35. The molecule has 0 atom stereocenters. The molecule has 0 aromatic carbocycles. The van der Waals surface area contributed by atoms with Crippen LogP contribution in [0, 0.1) is 0 Å². The maximum absolute atomic E-state index is 5.35. The lowest BCUT2D eigenvalue weighted by Gasteiger charge is -2.35. The summed E-state index contributed by atoms with van der Waals surface area (Å²) in [4.78, 5) is 0. The van der Waals surface area contributed by atoms with Crippen molar-refractivity contribution in [2.45, 2.75) is 42.3 Å². The summed E-state index contributed by atoms with van der Waals surface area (Å²) in [6.07, 6.45) is 3.36. The molecular weight excluding hydrogens is 308 g/mol. The van der Waals surface area contributed by atoms with E-state index in [4.69, 9.17) is 28.4 Å². The third-order valence-electron chi connectivity index (χ3n) is 4.08. The number of methoxy groups -OCH3 is 6. The van der Waals surface area contributed by atoms with Crippen LogP contribution in [0.15, 0.2) is 0 Å². The third kappa shape index (κ3) is 6.45. The molecule has 0 unspecified atom stereocenters. The molecule has 21 heavy (non-hydrogen) atoms. The van der Waals surface area contributed by atoms with E-state index in [9.17, 15) is 0 Å². The van der Waals surface area contributed by atoms with Gasteiger partial charge in [-0.3, -0.25) is 0 Å². The minimum atomic E-state index is -0.944. The molecule has 128 valence electrons. The molecule has 0 saturated carbocycles. The molecule has 0 radical (unpaired) electrons. The summed E-state index contributed by atoms with van der Waals surface area (Å²) in [5.74, 6) is -1.89. The smallest absolute Gasteiger partial charge is 0.282 e. The Balaban J connectivity index is 4.56. The maximum atomic E-state index is 5.35. The van der Waals surface area contributed by atoms with E-state index in [1.54, 1.807) is 42.7 Å². The third-order valence-corrected chi connectivity index (χ3v) is 6.08. The number of hydrogen-bond acceptors (Lipinski definition) is 6. The average molecular weight is 341 g/mol. The molecular formula is C13H32O6Si2. The zero-order valence-electron chi connectivity index (χ0n) is 14.8. The van der Waals surface area contributed by atoms with Crippen molar-refractivity contribution < 1.29 is 28.4 Å². The number of rotatable bonds is 12. The largest absolute Gasteiger partial charge is 0.331 e. The summed E-state index contributed by atoms with van der Waals surface area (Å²) < 4.78 is 32.4. The fraction of sp³-hybridized carbons (Fsp3) is 1.00. The highest BCUT2D eigenvalue weighted by Crippen LogP contribution is 2.36. The predicted octanol–water partition coefficient (Wildman–Crippen LogP) is -0.420. The highest BCUT2D eigenvalue weighted by atomic mass is 28.2. The Morgan fingerprint density at radius 2 is 0.762 bits per heavy atom. The van der Waals surface area contributed by atoms with Crippen LogP contribution in [-0.2, 0) is 28.4 Å². The van der Waals surface area contributed by atoms with E-state index in [0.29, 0.717) is 17.5 Å². The van der Waals surface area contributed by atoms with E-state index in [2.05, 4.69) is 0 Å². The fourth-order valence-electron chi connectivity index (χ4n) is 2.22. The molecule has 6 nitrogen and oxygen atoms in total. The van der Waals surface area contributed by atoms with Gasteiger partial charge >= 0.3 is 0 Å². The second-order valence-electron chi connectivity index (χ2n) is 5.75. The molecule has 0 amide bonds.